The molecule has 2 heteroatoms. The van der Waals surface area contributed by atoms with Crippen LogP contribution in [0.2, 0.25) is 0 Å². The van der Waals surface area contributed by atoms with Crippen molar-refractivity contribution in [2.45, 2.75) is 43.8 Å². The van der Waals surface area contributed by atoms with Crippen LogP contribution in [0.3, 0.4) is 0 Å². The van der Waals surface area contributed by atoms with E-state index in [0.29, 0.717) is 10.2 Å². The smallest absolute Gasteiger partial charge is 0.0886 e. The molecule has 0 aromatic carbocycles. The fourth-order valence-electron chi connectivity index (χ4n) is 18.6. The van der Waals surface area contributed by atoms with Crippen LogP contribution >= 0.6 is 11.8 Å². The van der Waals surface area contributed by atoms with E-state index in [2.05, 4.69) is 37.0 Å². The lowest BCUT2D eigenvalue weighted by atomic mass is 8.80. The molecule has 0 heterocycles. The van der Waals surface area contributed by atoms with Crippen LogP contribution in [-0.2, 0) is 0 Å². The average Bonchev–Trinajstić information content (AvgIpc) is 2.77. The number of nitrogens with zero attached hydrogens (tertiary/aromatic N) is 1. The molecule has 29 heavy (non-hydrogen) atoms. The summed E-state index contributed by atoms with van der Waals surface area (Å²) >= 11 is 2.13. The van der Waals surface area contributed by atoms with Gasteiger partial charge in [0, 0.05) is 4.75 Å². The van der Waals surface area contributed by atoms with E-state index in [9.17, 15) is 0 Å². The molecule has 12 saturated carbocycles. The largest absolute Gasteiger partial charge is 0.258 e. The predicted octanol–water partition coefficient (Wildman–Crippen LogP) is 5.09. The standard InChI is InChI=1S/C27H29NS/c1-9(28-3)29-22(2)12-5-4-10-6-15-19-21-18-14-8-11-7-13-17-20-16(12)26(19,24(10,15)22)27(20,21)25(17,18)23(11,13)14/h10-21H,1,3-8H2,2H3. The summed E-state index contributed by atoms with van der Waals surface area (Å²) in [5.74, 6) is 14.1. The van der Waals surface area contributed by atoms with Gasteiger partial charge in [-0.1, -0.05) is 18.3 Å². The van der Waals surface area contributed by atoms with Gasteiger partial charge in [-0.15, -0.1) is 0 Å². The number of aliphatic imine (C=N–C) groups is 1. The van der Waals surface area contributed by atoms with Crippen molar-refractivity contribution in [3.63, 3.8) is 0 Å². The Bertz CT molecular complexity index is 1130. The van der Waals surface area contributed by atoms with Crippen molar-refractivity contribution in [2.75, 3.05) is 0 Å². The third-order valence-electron chi connectivity index (χ3n) is 16.8. The maximum Gasteiger partial charge on any atom is 0.0886 e. The Morgan fingerprint density at radius 1 is 0.759 bits per heavy atom. The first-order chi connectivity index (χ1) is 14.1. The number of fused-ring (bicyclic) bond motifs is 9. The van der Waals surface area contributed by atoms with Crippen LogP contribution in [0.25, 0.3) is 0 Å². The molecule has 0 N–H and O–H groups in total. The van der Waals surface area contributed by atoms with Gasteiger partial charge in [-0.2, -0.15) is 0 Å². The normalized spacial score (nSPS) is 90.1. The summed E-state index contributed by atoms with van der Waals surface area (Å²) in [6.45, 7) is 11.0. The molecule has 12 aliphatic rings. The maximum absolute atomic E-state index is 4.35. The van der Waals surface area contributed by atoms with Crippen LogP contribution in [0.4, 0.5) is 0 Å². The predicted molar refractivity (Wildman–Crippen MR) is 112 cm³/mol. The minimum Gasteiger partial charge on any atom is -0.258 e. The van der Waals surface area contributed by atoms with Crippen LogP contribution in [0.5, 0.6) is 0 Å². The van der Waals surface area contributed by atoms with Crippen molar-refractivity contribution < 1.29 is 0 Å². The molecule has 0 aromatic rings. The van der Waals surface area contributed by atoms with E-state index in [1.807, 2.05) is 0 Å². The first-order valence-corrected chi connectivity index (χ1v) is 13.8. The van der Waals surface area contributed by atoms with Gasteiger partial charge in [-0.3, -0.25) is 4.99 Å². The van der Waals surface area contributed by atoms with Crippen LogP contribution in [0, 0.1) is 98.1 Å². The van der Waals surface area contributed by atoms with Gasteiger partial charge in [0.1, 0.15) is 0 Å². The van der Waals surface area contributed by atoms with E-state index in [1.54, 1.807) is 25.7 Å². The van der Waals surface area contributed by atoms with Crippen LogP contribution in [0.1, 0.15) is 39.0 Å². The molecule has 0 aromatic heterocycles. The molecule has 2 bridgehead atoms. The minimum absolute atomic E-state index is 0.440. The third kappa shape index (κ3) is 0.617. The topological polar surface area (TPSA) is 12.4 Å². The van der Waals surface area contributed by atoms with Gasteiger partial charge >= 0.3 is 0 Å². The van der Waals surface area contributed by atoms with Crippen molar-refractivity contribution in [3.8, 4) is 0 Å². The fraction of sp³-hybridized carbons (Fsp3) is 0.889. The number of thioether (sulfide) groups is 1. The van der Waals surface area contributed by atoms with E-state index in [-0.39, 0.29) is 0 Å². The lowest BCUT2D eigenvalue weighted by Gasteiger charge is -3.23. The third-order valence-corrected chi connectivity index (χ3v) is 18.2. The molecule has 18 atom stereocenters. The first kappa shape index (κ1) is 14.0. The van der Waals surface area contributed by atoms with Crippen molar-refractivity contribution >= 4 is 18.5 Å². The Kier molecular flexibility index (Phi) is 1.44. The highest BCUT2D eigenvalue weighted by Gasteiger charge is 3.24. The Balaban J connectivity index is 1.15. The molecule has 18 unspecified atom stereocenters. The quantitative estimate of drug-likeness (QED) is 0.602. The van der Waals surface area contributed by atoms with E-state index in [0.717, 1.165) is 50.4 Å². The molecule has 0 amide bonds. The van der Waals surface area contributed by atoms with Gasteiger partial charge in [0.25, 0.3) is 0 Å². The molecule has 12 fully saturated rings. The van der Waals surface area contributed by atoms with E-state index in [1.165, 1.54) is 53.8 Å². The van der Waals surface area contributed by atoms with Crippen LogP contribution in [-0.4, -0.2) is 11.5 Å². The highest BCUT2D eigenvalue weighted by Crippen LogP contribution is 3.26. The van der Waals surface area contributed by atoms with Crippen molar-refractivity contribution in [1.29, 1.82) is 0 Å². The van der Waals surface area contributed by atoms with Crippen LogP contribution in [0.15, 0.2) is 16.6 Å². The van der Waals surface area contributed by atoms with E-state index >= 15 is 0 Å². The zero-order valence-corrected chi connectivity index (χ0v) is 18.0. The van der Waals surface area contributed by atoms with Gasteiger partial charge in [-0.05, 0) is 144 Å². The summed E-state index contributed by atoms with van der Waals surface area (Å²) in [5.41, 5.74) is 4.43. The SMILES string of the molecule is C=NC(=C)SC1(C)C2CCC3CC4C5C6C7C8CC9CC%10C%11C%12C2C5(C341)C%126C%117C9%108. The molecular formula is C27H29NS. The monoisotopic (exact) mass is 399 g/mol. The molecule has 12 aliphatic carbocycles. The van der Waals surface area contributed by atoms with Gasteiger partial charge in [0.05, 0.1) is 5.03 Å². The summed E-state index contributed by atoms with van der Waals surface area (Å²) in [7, 11) is 0. The zero-order chi connectivity index (χ0) is 18.5. The number of hydrogen-bond donors (Lipinski definition) is 0. The van der Waals surface area contributed by atoms with Gasteiger partial charge in [0.2, 0.25) is 0 Å². The number of hydrogen-bond acceptors (Lipinski definition) is 2. The lowest BCUT2D eigenvalue weighted by molar-refractivity contribution is -0.776. The summed E-state index contributed by atoms with van der Waals surface area (Å²) in [4.78, 5) is 4.35. The molecule has 1 nitrogen and oxygen atoms in total. The molecule has 0 saturated heterocycles. The first-order valence-electron chi connectivity index (χ1n) is 12.9. The zero-order valence-electron chi connectivity index (χ0n) is 17.2. The molecule has 12 rings (SSSR count). The van der Waals surface area contributed by atoms with Gasteiger partial charge in [0.15, 0.2) is 0 Å². The molecule has 148 valence electrons. The van der Waals surface area contributed by atoms with E-state index in [4.69, 9.17) is 0 Å². The second kappa shape index (κ2) is 2.97. The second-order valence-electron chi connectivity index (χ2n) is 14.4. The fourth-order valence-corrected chi connectivity index (χ4v) is 20.2. The van der Waals surface area contributed by atoms with Crippen molar-refractivity contribution in [3.05, 3.63) is 11.6 Å². The van der Waals surface area contributed by atoms with Crippen molar-refractivity contribution in [2.24, 2.45) is 103 Å². The maximum atomic E-state index is 4.35. The molecule has 5 spiro atoms. The summed E-state index contributed by atoms with van der Waals surface area (Å²) < 4.78 is 0.440. The summed E-state index contributed by atoms with van der Waals surface area (Å²) in [6.07, 6.45) is 8.06. The molecule has 0 radical (unpaired) electrons. The summed E-state index contributed by atoms with van der Waals surface area (Å²) in [6, 6.07) is 0. The Labute approximate surface area is 176 Å². The lowest BCUT2D eigenvalue weighted by Crippen LogP contribution is -3.21. The number of rotatable bonds is 3. The minimum atomic E-state index is 0.440. The highest BCUT2D eigenvalue weighted by molar-refractivity contribution is 8.04. The Hall–Kier alpha value is -0.240. The summed E-state index contributed by atoms with van der Waals surface area (Å²) in [5, 5.41) is 1.04. The Morgan fingerprint density at radius 2 is 1.38 bits per heavy atom. The van der Waals surface area contributed by atoms with Crippen molar-refractivity contribution in [1.82, 2.24) is 0 Å². The molecular weight excluding hydrogens is 370 g/mol. The highest BCUT2D eigenvalue weighted by atomic mass is 32.2. The second-order valence-corrected chi connectivity index (χ2v) is 16.0. The van der Waals surface area contributed by atoms with E-state index < -0.39 is 0 Å². The van der Waals surface area contributed by atoms with Gasteiger partial charge < -0.3 is 0 Å². The van der Waals surface area contributed by atoms with Gasteiger partial charge in [-0.25, -0.2) is 0 Å². The Morgan fingerprint density at radius 3 is 2.07 bits per heavy atom. The van der Waals surface area contributed by atoms with Crippen LogP contribution < -0.4 is 0 Å². The molecule has 0 aliphatic heterocycles. The average molecular weight is 400 g/mol.